The van der Waals surface area contributed by atoms with Crippen LogP contribution in [0.3, 0.4) is 0 Å². The molecule has 1 amide bonds. The van der Waals surface area contributed by atoms with Crippen molar-refractivity contribution >= 4 is 5.91 Å². The van der Waals surface area contributed by atoms with Crippen LogP contribution in [-0.2, 0) is 10.2 Å². The minimum atomic E-state index is -0.340. The van der Waals surface area contributed by atoms with Crippen LogP contribution in [-0.4, -0.2) is 46.3 Å². The molecule has 0 aromatic heterocycles. The molecule has 3 bridgehead atoms. The van der Waals surface area contributed by atoms with E-state index in [-0.39, 0.29) is 23.5 Å². The first-order valence-electron chi connectivity index (χ1n) is 10.2. The summed E-state index contributed by atoms with van der Waals surface area (Å²) in [5.41, 5.74) is 1.67. The third-order valence-electron chi connectivity index (χ3n) is 8.93. The number of aliphatic hydroxyl groups is 2. The number of rotatable bonds is 3. The van der Waals surface area contributed by atoms with Crippen molar-refractivity contribution in [3.05, 3.63) is 35.9 Å². The lowest BCUT2D eigenvalue weighted by Gasteiger charge is -2.65. The van der Waals surface area contributed by atoms with E-state index in [9.17, 15) is 15.0 Å². The zero-order valence-corrected chi connectivity index (χ0v) is 15.1. The molecule has 1 saturated heterocycles. The van der Waals surface area contributed by atoms with Crippen LogP contribution < -0.4 is 0 Å². The van der Waals surface area contributed by atoms with Gasteiger partial charge in [0.15, 0.2) is 0 Å². The number of hydrogen-bond acceptors (Lipinski definition) is 3. The molecule has 4 nitrogen and oxygen atoms in total. The molecule has 5 aliphatic rings. The van der Waals surface area contributed by atoms with E-state index in [1.807, 2.05) is 4.90 Å². The van der Waals surface area contributed by atoms with E-state index in [1.54, 1.807) is 0 Å². The van der Waals surface area contributed by atoms with Crippen LogP contribution in [0.15, 0.2) is 30.3 Å². The van der Waals surface area contributed by atoms with E-state index in [0.29, 0.717) is 48.6 Å². The van der Waals surface area contributed by atoms with Crippen molar-refractivity contribution in [2.45, 2.75) is 49.7 Å². The van der Waals surface area contributed by atoms with Gasteiger partial charge in [-0.05, 0) is 60.3 Å². The number of amides is 1. The summed E-state index contributed by atoms with van der Waals surface area (Å²) in [7, 11) is 0. The van der Waals surface area contributed by atoms with Crippen LogP contribution in [0.1, 0.15) is 37.7 Å². The van der Waals surface area contributed by atoms with Crippen molar-refractivity contribution in [1.82, 2.24) is 4.90 Å². The second-order valence-corrected chi connectivity index (χ2v) is 9.76. The first kappa shape index (κ1) is 15.6. The Balaban J connectivity index is 1.41. The van der Waals surface area contributed by atoms with Gasteiger partial charge in [0, 0.05) is 24.9 Å². The lowest BCUT2D eigenvalue weighted by Crippen LogP contribution is -2.65. The smallest absolute Gasteiger partial charge is 0.223 e. The molecule has 6 rings (SSSR count). The second kappa shape index (κ2) is 4.90. The van der Waals surface area contributed by atoms with Crippen molar-refractivity contribution < 1.29 is 15.0 Å². The summed E-state index contributed by atoms with van der Waals surface area (Å²) in [5, 5.41) is 20.3. The van der Waals surface area contributed by atoms with Crippen LogP contribution in [0.4, 0.5) is 0 Å². The van der Waals surface area contributed by atoms with Crippen molar-refractivity contribution in [2.24, 2.45) is 29.1 Å². The van der Waals surface area contributed by atoms with E-state index in [4.69, 9.17) is 0 Å². The fourth-order valence-corrected chi connectivity index (χ4v) is 8.13. The molecule has 4 unspecified atom stereocenters. The van der Waals surface area contributed by atoms with Gasteiger partial charge in [-0.25, -0.2) is 0 Å². The Bertz CT molecular complexity index is 730. The molecule has 1 heterocycles. The van der Waals surface area contributed by atoms with E-state index >= 15 is 0 Å². The van der Waals surface area contributed by atoms with Crippen molar-refractivity contribution in [2.75, 3.05) is 13.1 Å². The molecular formula is C22H27NO3. The second-order valence-electron chi connectivity index (χ2n) is 9.76. The van der Waals surface area contributed by atoms with Gasteiger partial charge >= 0.3 is 0 Å². The minimum Gasteiger partial charge on any atom is -0.393 e. The number of likely N-dealkylation sites (tertiary alicyclic amines) is 1. The molecule has 4 atom stereocenters. The number of hydrogen-bond donors (Lipinski definition) is 2. The molecule has 26 heavy (non-hydrogen) atoms. The minimum absolute atomic E-state index is 0.0530. The van der Waals surface area contributed by atoms with Gasteiger partial charge in [0.1, 0.15) is 0 Å². The maximum absolute atomic E-state index is 13.0. The lowest BCUT2D eigenvalue weighted by molar-refractivity contribution is -0.157. The maximum atomic E-state index is 13.0. The van der Waals surface area contributed by atoms with Gasteiger partial charge in [-0.15, -0.1) is 0 Å². The van der Waals surface area contributed by atoms with E-state index in [1.165, 1.54) is 18.4 Å². The Kier molecular flexibility index (Phi) is 2.95. The number of fused-ring (bicyclic) bond motifs is 2. The third kappa shape index (κ3) is 1.67. The number of aliphatic hydroxyl groups excluding tert-OH is 2. The highest BCUT2D eigenvalue weighted by Crippen LogP contribution is 2.82. The Hall–Kier alpha value is -1.39. The molecule has 1 aromatic carbocycles. The standard InChI is InChI=1S/C22H27NO3/c24-16-11-23(12-16)19(25)10-22(15-4-2-1-3-5-15)17-6-13-8-21(17)9-14(20(13)26)7-18(21)22/h1-5,13-14,16-18,20,24,26H,6-12H2. The van der Waals surface area contributed by atoms with Gasteiger partial charge in [-0.2, -0.15) is 0 Å². The largest absolute Gasteiger partial charge is 0.393 e. The Labute approximate surface area is 154 Å². The summed E-state index contributed by atoms with van der Waals surface area (Å²) in [5.74, 6) is 2.15. The first-order valence-corrected chi connectivity index (χ1v) is 10.2. The highest BCUT2D eigenvalue weighted by atomic mass is 16.3. The summed E-state index contributed by atoms with van der Waals surface area (Å²) in [6.45, 7) is 0.988. The van der Waals surface area contributed by atoms with Gasteiger partial charge in [0.2, 0.25) is 5.91 Å². The molecule has 4 heteroatoms. The number of carbonyl (C=O) groups is 1. The van der Waals surface area contributed by atoms with Crippen molar-refractivity contribution in [3.63, 3.8) is 0 Å². The van der Waals surface area contributed by atoms with E-state index in [2.05, 4.69) is 30.3 Å². The molecule has 138 valence electrons. The molecule has 1 spiro atoms. The molecule has 1 aliphatic heterocycles. The maximum Gasteiger partial charge on any atom is 0.223 e. The number of benzene rings is 1. The van der Waals surface area contributed by atoms with Gasteiger partial charge < -0.3 is 15.1 Å². The number of β-amino-alcohol motifs (C(OH)–C–C–N with tert-alkyl or cyclic N) is 1. The van der Waals surface area contributed by atoms with Gasteiger partial charge in [-0.1, -0.05) is 30.3 Å². The molecular weight excluding hydrogens is 326 g/mol. The molecule has 4 saturated carbocycles. The monoisotopic (exact) mass is 353 g/mol. The van der Waals surface area contributed by atoms with Gasteiger partial charge in [0.05, 0.1) is 12.2 Å². The summed E-state index contributed by atoms with van der Waals surface area (Å²) in [4.78, 5) is 14.9. The topological polar surface area (TPSA) is 60.8 Å². The molecule has 5 fully saturated rings. The third-order valence-corrected chi connectivity index (χ3v) is 8.93. The van der Waals surface area contributed by atoms with Gasteiger partial charge in [0.25, 0.3) is 0 Å². The first-order chi connectivity index (χ1) is 12.5. The van der Waals surface area contributed by atoms with Crippen molar-refractivity contribution in [3.8, 4) is 0 Å². The van der Waals surface area contributed by atoms with Crippen molar-refractivity contribution in [1.29, 1.82) is 0 Å². The highest BCUT2D eigenvalue weighted by molar-refractivity contribution is 5.79. The van der Waals surface area contributed by atoms with Crippen LogP contribution in [0.5, 0.6) is 0 Å². The Morgan fingerprint density at radius 3 is 2.23 bits per heavy atom. The fourth-order valence-electron chi connectivity index (χ4n) is 8.13. The van der Waals surface area contributed by atoms with E-state index < -0.39 is 0 Å². The number of carbonyl (C=O) groups excluding carboxylic acids is 1. The predicted octanol–water partition coefficient (Wildman–Crippen LogP) is 1.94. The Morgan fingerprint density at radius 1 is 1.04 bits per heavy atom. The average molecular weight is 353 g/mol. The SMILES string of the molecule is O=C(CC1(c2ccccc2)C2CC3CC24CC(CC41)C3O)N1CC(O)C1. The average Bonchev–Trinajstić information content (AvgIpc) is 3.09. The van der Waals surface area contributed by atoms with Crippen LogP contribution in [0.2, 0.25) is 0 Å². The fraction of sp³-hybridized carbons (Fsp3) is 0.682. The quantitative estimate of drug-likeness (QED) is 0.873. The van der Waals surface area contributed by atoms with Crippen LogP contribution >= 0.6 is 0 Å². The Morgan fingerprint density at radius 2 is 1.65 bits per heavy atom. The van der Waals surface area contributed by atoms with Crippen LogP contribution in [0, 0.1) is 29.1 Å². The summed E-state index contributed by atoms with van der Waals surface area (Å²) >= 11 is 0. The zero-order valence-electron chi connectivity index (χ0n) is 15.1. The molecule has 1 aromatic rings. The summed E-state index contributed by atoms with van der Waals surface area (Å²) in [6.07, 6.45) is 4.63. The number of nitrogens with zero attached hydrogens (tertiary/aromatic N) is 1. The summed E-state index contributed by atoms with van der Waals surface area (Å²) in [6, 6.07) is 10.7. The van der Waals surface area contributed by atoms with E-state index in [0.717, 1.165) is 12.8 Å². The molecule has 0 radical (unpaired) electrons. The zero-order chi connectivity index (χ0) is 17.7. The van der Waals surface area contributed by atoms with Gasteiger partial charge in [-0.3, -0.25) is 4.79 Å². The predicted molar refractivity (Wildman–Crippen MR) is 96.2 cm³/mol. The highest BCUT2D eigenvalue weighted by Gasteiger charge is 2.79. The summed E-state index contributed by atoms with van der Waals surface area (Å²) < 4.78 is 0. The molecule has 2 N–H and O–H groups in total. The lowest BCUT2D eigenvalue weighted by atomic mass is 9.38. The normalized spacial score (nSPS) is 48.2. The molecule has 4 aliphatic carbocycles. The van der Waals surface area contributed by atoms with Crippen LogP contribution in [0.25, 0.3) is 0 Å².